The fourth-order valence-corrected chi connectivity index (χ4v) is 7.47. The van der Waals surface area contributed by atoms with Crippen LogP contribution >= 0.6 is 34.8 Å². The van der Waals surface area contributed by atoms with Gasteiger partial charge in [-0.25, -0.2) is 4.79 Å². The van der Waals surface area contributed by atoms with E-state index in [1.807, 2.05) is 0 Å². The highest BCUT2D eigenvalue weighted by molar-refractivity contribution is 6.67. The van der Waals surface area contributed by atoms with Gasteiger partial charge in [0.1, 0.15) is 12.1 Å². The Kier molecular flexibility index (Phi) is 58.5. The lowest BCUT2D eigenvalue weighted by Gasteiger charge is -2.34. The summed E-state index contributed by atoms with van der Waals surface area (Å²) < 4.78 is 70.0. The summed E-state index contributed by atoms with van der Waals surface area (Å²) in [7, 11) is 0. The topological polar surface area (TPSA) is 418 Å². The van der Waals surface area contributed by atoms with E-state index >= 15 is 0 Å². The Bertz CT molecular complexity index is 1860. The van der Waals surface area contributed by atoms with E-state index in [1.165, 1.54) is 0 Å². The lowest BCUT2D eigenvalue weighted by molar-refractivity contribution is -0.137. The SMILES string of the molecule is NC(=O)CCOCCOCCOCCNC(=O)CCOCC(COCCC(=O)NCCOCCOCCOCCC(N)=O)(COCCC(=O)NCCOCCOCCOCCC(=O)NCCCCCCCC(=O)O)NC(=O)CCCCCNC(=O)OCC(Cl)(Cl)Cl. The summed E-state index contributed by atoms with van der Waals surface area (Å²) in [6.45, 7) is 4.97. The highest BCUT2D eigenvalue weighted by Crippen LogP contribution is 2.25. The molecule has 0 aromatic carbocycles. The second kappa shape index (κ2) is 61.6. The highest BCUT2D eigenvalue weighted by atomic mass is 35.6. The summed E-state index contributed by atoms with van der Waals surface area (Å²) in [4.78, 5) is 108. The molecule has 0 saturated heterocycles. The number of carboxylic acid groups (broad SMARTS) is 1. The Hall–Kier alpha value is -4.58. The first-order chi connectivity index (χ1) is 43.8. The normalized spacial score (nSPS) is 11.5. The van der Waals surface area contributed by atoms with Crippen LogP contribution in [-0.2, 0) is 99.9 Å². The van der Waals surface area contributed by atoms with Crippen molar-refractivity contribution in [3.05, 3.63) is 0 Å². The molecule has 0 radical (unpaired) electrons. The molecule has 34 heteroatoms. The predicted octanol–water partition coefficient (Wildman–Crippen LogP) is 0.899. The number of primary amides is 2. The minimum atomic E-state index is -1.77. The first-order valence-corrected chi connectivity index (χ1v) is 32.0. The maximum Gasteiger partial charge on any atom is 0.407 e. The van der Waals surface area contributed by atoms with Gasteiger partial charge in [0, 0.05) is 84.1 Å². The van der Waals surface area contributed by atoms with E-state index in [9.17, 15) is 43.2 Å². The van der Waals surface area contributed by atoms with Crippen molar-refractivity contribution in [1.29, 1.82) is 0 Å². The van der Waals surface area contributed by atoms with Crippen LogP contribution in [0.1, 0.15) is 103 Å². The van der Waals surface area contributed by atoms with Gasteiger partial charge >= 0.3 is 12.1 Å². The van der Waals surface area contributed by atoms with E-state index in [2.05, 4.69) is 31.9 Å². The van der Waals surface area contributed by atoms with E-state index in [4.69, 9.17) is 113 Å². The number of carboxylic acids is 1. The smallest absolute Gasteiger partial charge is 0.407 e. The Balaban J connectivity index is 5.32. The Morgan fingerprint density at radius 1 is 0.308 bits per heavy atom. The molecule has 8 amide bonds. The summed E-state index contributed by atoms with van der Waals surface area (Å²) in [6.07, 6.45) is 5.39. The molecule has 0 atom stereocenters. The lowest BCUT2D eigenvalue weighted by atomic mass is 10.0. The number of aliphatic carboxylic acids is 1. The van der Waals surface area contributed by atoms with Gasteiger partial charge in [-0.1, -0.05) is 60.5 Å². The average molecular weight is 1370 g/mol. The minimum absolute atomic E-state index is 0.0442. The third-order valence-corrected chi connectivity index (χ3v) is 12.3. The van der Waals surface area contributed by atoms with E-state index in [0.29, 0.717) is 85.1 Å². The molecular formula is C57H103Cl3N8O23. The zero-order valence-electron chi connectivity index (χ0n) is 52.7. The van der Waals surface area contributed by atoms with Crippen LogP contribution in [0.3, 0.4) is 0 Å². The number of alkyl carbamates (subject to hydrolysis) is 1. The van der Waals surface area contributed by atoms with E-state index in [1.54, 1.807) is 0 Å². The van der Waals surface area contributed by atoms with Gasteiger partial charge in [0.25, 0.3) is 0 Å². The van der Waals surface area contributed by atoms with Crippen LogP contribution < -0.4 is 43.4 Å². The molecule has 0 aliphatic carbocycles. The minimum Gasteiger partial charge on any atom is -0.481 e. The van der Waals surface area contributed by atoms with E-state index in [0.717, 1.165) is 25.7 Å². The van der Waals surface area contributed by atoms with Gasteiger partial charge in [-0.15, -0.1) is 0 Å². The number of hydrogen-bond acceptors (Lipinski definition) is 22. The number of carbonyl (C=O) groups is 9. The van der Waals surface area contributed by atoms with E-state index in [-0.39, 0.29) is 207 Å². The summed E-state index contributed by atoms with van der Waals surface area (Å²) in [6, 6.07) is 0. The van der Waals surface area contributed by atoms with Crippen molar-refractivity contribution in [2.45, 2.75) is 112 Å². The molecule has 31 nitrogen and oxygen atoms in total. The molecule has 530 valence electrons. The zero-order chi connectivity index (χ0) is 67.2. The van der Waals surface area contributed by atoms with Crippen LogP contribution in [-0.4, -0.2) is 266 Å². The molecule has 0 aromatic heterocycles. The van der Waals surface area contributed by atoms with Crippen molar-refractivity contribution < 1.29 is 110 Å². The van der Waals surface area contributed by atoms with Gasteiger partial charge in [0.15, 0.2) is 0 Å². The number of hydrogen-bond donors (Lipinski definition) is 9. The number of carbonyl (C=O) groups excluding carboxylic acids is 8. The number of rotatable bonds is 67. The number of nitrogens with one attached hydrogen (secondary N) is 6. The van der Waals surface area contributed by atoms with Gasteiger partial charge in [-0.3, -0.25) is 38.4 Å². The first-order valence-electron chi connectivity index (χ1n) is 30.9. The fourth-order valence-electron chi connectivity index (χ4n) is 7.30. The van der Waals surface area contributed by atoms with Crippen LogP contribution in [0.4, 0.5) is 4.79 Å². The third-order valence-electron chi connectivity index (χ3n) is 12.0. The second-order valence-electron chi connectivity index (χ2n) is 20.2. The van der Waals surface area contributed by atoms with Gasteiger partial charge in [-0.2, -0.15) is 0 Å². The Morgan fingerprint density at radius 3 is 0.978 bits per heavy atom. The quantitative estimate of drug-likeness (QED) is 0.0302. The fraction of sp³-hybridized carbons (Fsp3) is 0.842. The molecule has 0 unspecified atom stereocenters. The van der Waals surface area contributed by atoms with Crippen LogP contribution in [0.25, 0.3) is 0 Å². The highest BCUT2D eigenvalue weighted by Gasteiger charge is 2.34. The van der Waals surface area contributed by atoms with Gasteiger partial charge < -0.3 is 110 Å². The lowest BCUT2D eigenvalue weighted by Crippen LogP contribution is -2.58. The monoisotopic (exact) mass is 1370 g/mol. The molecular weight excluding hydrogens is 1270 g/mol. The van der Waals surface area contributed by atoms with Crippen molar-refractivity contribution in [3.8, 4) is 0 Å². The van der Waals surface area contributed by atoms with Gasteiger partial charge in [0.2, 0.25) is 45.1 Å². The van der Waals surface area contributed by atoms with Crippen molar-refractivity contribution in [3.63, 3.8) is 0 Å². The molecule has 0 aromatic rings. The van der Waals surface area contributed by atoms with Crippen LogP contribution in [0.5, 0.6) is 0 Å². The molecule has 0 aliphatic heterocycles. The first kappa shape index (κ1) is 86.4. The third kappa shape index (κ3) is 65.3. The number of ether oxygens (including phenoxy) is 13. The standard InChI is InChI=1S/C57H103Cl3N8O23/c58-57(59,60)46-91-55(78)67-18-8-4-5-9-53(75)68-56(43-88-25-14-50(72)64-19-28-82-34-40-85-37-31-79-22-11-47(61)69,44-89-26-15-51(73)65-20-29-83-35-41-86-38-32-80-23-12-48(62)70)45-90-27-16-52(74)66-21-30-84-36-42-87-39-33-81-24-13-49(71)63-17-7-3-1-2-6-10-54(76)77/h1-46H2,(H2,61,69)(H2,62,70)(H,63,71)(H,64,72)(H,65,73)(H,66,74)(H,67,78)(H,68,75)(H,76,77). The average Bonchev–Trinajstić information content (AvgIpc) is 2.43. The zero-order valence-corrected chi connectivity index (χ0v) is 55.0. The van der Waals surface area contributed by atoms with E-state index < -0.39 is 45.7 Å². The summed E-state index contributed by atoms with van der Waals surface area (Å²) in [5.74, 6) is -3.18. The van der Waals surface area contributed by atoms with Gasteiger partial charge in [-0.05, 0) is 25.7 Å². The summed E-state index contributed by atoms with van der Waals surface area (Å²) in [5.41, 5.74) is 8.79. The Morgan fingerprint density at radius 2 is 0.604 bits per heavy atom. The van der Waals surface area contributed by atoms with Crippen molar-refractivity contribution in [2.24, 2.45) is 11.5 Å². The molecule has 91 heavy (non-hydrogen) atoms. The molecule has 11 N–H and O–H groups in total. The maximum absolute atomic E-state index is 13.7. The molecule has 0 saturated carbocycles. The summed E-state index contributed by atoms with van der Waals surface area (Å²) >= 11 is 16.9. The molecule has 0 bridgehead atoms. The molecule has 0 fully saturated rings. The van der Waals surface area contributed by atoms with Crippen LogP contribution in [0.15, 0.2) is 0 Å². The second-order valence-corrected chi connectivity index (χ2v) is 22.7. The van der Waals surface area contributed by atoms with Gasteiger partial charge in [0.05, 0.1) is 159 Å². The van der Waals surface area contributed by atoms with Crippen LogP contribution in [0.2, 0.25) is 0 Å². The summed E-state index contributed by atoms with van der Waals surface area (Å²) in [5, 5.41) is 25.3. The Labute approximate surface area is 549 Å². The van der Waals surface area contributed by atoms with Crippen molar-refractivity contribution >= 4 is 88.2 Å². The number of unbranched alkanes of at least 4 members (excludes halogenated alkanes) is 6. The molecule has 0 rings (SSSR count). The molecule has 0 aliphatic rings. The maximum atomic E-state index is 13.7. The molecule has 0 spiro atoms. The predicted molar refractivity (Wildman–Crippen MR) is 332 cm³/mol. The number of nitrogens with two attached hydrogens (primary N) is 2. The number of halogens is 3. The number of alkyl halides is 3. The van der Waals surface area contributed by atoms with Crippen molar-refractivity contribution in [2.75, 3.05) is 198 Å². The van der Waals surface area contributed by atoms with Crippen molar-refractivity contribution in [1.82, 2.24) is 31.9 Å². The van der Waals surface area contributed by atoms with Crippen LogP contribution in [0, 0.1) is 0 Å². The number of amides is 8. The molecule has 0 heterocycles. The largest absolute Gasteiger partial charge is 0.481 e.